The van der Waals surface area contributed by atoms with Crippen molar-refractivity contribution in [3.8, 4) is 0 Å². The van der Waals surface area contributed by atoms with Crippen molar-refractivity contribution in [2.24, 2.45) is 5.73 Å². The van der Waals surface area contributed by atoms with Gasteiger partial charge in [-0.1, -0.05) is 0 Å². The van der Waals surface area contributed by atoms with Crippen LogP contribution in [0.4, 0.5) is 0 Å². The van der Waals surface area contributed by atoms with Gasteiger partial charge >= 0.3 is 11.9 Å². The highest BCUT2D eigenvalue weighted by molar-refractivity contribution is 7.91. The van der Waals surface area contributed by atoms with Gasteiger partial charge in [0.15, 0.2) is 0 Å². The fraction of sp³-hybridized carbons (Fsp3) is 0.700. The zero-order valence-corrected chi connectivity index (χ0v) is 11.8. The first-order chi connectivity index (χ1) is 9.03. The Balaban J connectivity index is 4.35. The van der Waals surface area contributed by atoms with Crippen LogP contribution in [0.2, 0.25) is 0 Å². The average molecular weight is 309 g/mol. The second kappa shape index (κ2) is 7.80. The first kappa shape index (κ1) is 18.3. The molecule has 0 aliphatic carbocycles. The maximum Gasteiger partial charge on any atom is 0.326 e. The maximum atomic E-state index is 11.5. The molecular formula is C10H19N3O6S. The van der Waals surface area contributed by atoms with E-state index in [2.05, 4.69) is 5.32 Å². The average Bonchev–Trinajstić information content (AvgIpc) is 2.29. The molecule has 0 aromatic rings. The van der Waals surface area contributed by atoms with Gasteiger partial charge in [-0.3, -0.25) is 18.6 Å². The van der Waals surface area contributed by atoms with Gasteiger partial charge in [0.05, 0.1) is 0 Å². The lowest BCUT2D eigenvalue weighted by Gasteiger charge is -2.15. The molecule has 0 aromatic carbocycles. The number of carbonyl (C=O) groups is 3. The molecule has 0 radical (unpaired) electrons. The predicted octanol–water partition coefficient (Wildman–Crippen LogP) is -1.19. The molecule has 1 amide bonds. The summed E-state index contributed by atoms with van der Waals surface area (Å²) in [6, 6.07) is -2.44. The molecule has 116 valence electrons. The summed E-state index contributed by atoms with van der Waals surface area (Å²) in [5.74, 6) is -3.35. The van der Waals surface area contributed by atoms with Crippen molar-refractivity contribution < 1.29 is 28.8 Å². The van der Waals surface area contributed by atoms with Crippen LogP contribution in [-0.4, -0.2) is 56.4 Å². The van der Waals surface area contributed by atoms with Gasteiger partial charge in [0.25, 0.3) is 0 Å². The summed E-state index contributed by atoms with van der Waals surface area (Å²) in [6.45, 7) is 0. The third-order valence-corrected chi connectivity index (χ3v) is 3.44. The molecule has 0 bridgehead atoms. The van der Waals surface area contributed by atoms with E-state index >= 15 is 0 Å². The number of carboxylic acid groups (broad SMARTS) is 2. The standard InChI is InChI=1S/C10H19N3O6S/c1-20(12,19)5-4-7(10(17)18)13-8(14)3-2-6(11)9(15)16/h6-7,12H,2-5,11H2,1H3,(H,13,14)(H,15,16)(H,17,18)/t6-,7-,20?/m0/s1. The Hall–Kier alpha value is -1.68. The highest BCUT2D eigenvalue weighted by Crippen LogP contribution is 2.00. The van der Waals surface area contributed by atoms with Gasteiger partial charge in [0.2, 0.25) is 5.91 Å². The number of carbonyl (C=O) groups excluding carboxylic acids is 1. The van der Waals surface area contributed by atoms with Gasteiger partial charge in [-0.05, 0) is 12.8 Å². The topological polar surface area (TPSA) is 171 Å². The van der Waals surface area contributed by atoms with Gasteiger partial charge in [-0.2, -0.15) is 0 Å². The molecule has 0 aromatic heterocycles. The van der Waals surface area contributed by atoms with Crippen LogP contribution in [-0.2, 0) is 24.1 Å². The van der Waals surface area contributed by atoms with E-state index in [1.54, 1.807) is 0 Å². The van der Waals surface area contributed by atoms with Crippen LogP contribution in [0.5, 0.6) is 0 Å². The molecule has 0 heterocycles. The van der Waals surface area contributed by atoms with E-state index in [4.69, 9.17) is 20.7 Å². The molecular weight excluding hydrogens is 290 g/mol. The third kappa shape index (κ3) is 8.43. The van der Waals surface area contributed by atoms with E-state index in [0.717, 1.165) is 0 Å². The minimum Gasteiger partial charge on any atom is -0.480 e. The Bertz CT molecular complexity index is 475. The monoisotopic (exact) mass is 309 g/mol. The van der Waals surface area contributed by atoms with E-state index in [0.29, 0.717) is 0 Å². The summed E-state index contributed by atoms with van der Waals surface area (Å²) < 4.78 is 18.3. The van der Waals surface area contributed by atoms with Crippen LogP contribution in [0, 0.1) is 4.78 Å². The van der Waals surface area contributed by atoms with Crippen LogP contribution < -0.4 is 11.1 Å². The maximum absolute atomic E-state index is 11.5. The van der Waals surface area contributed by atoms with Crippen molar-refractivity contribution in [3.05, 3.63) is 0 Å². The Morgan fingerprint density at radius 2 is 1.80 bits per heavy atom. The van der Waals surface area contributed by atoms with Crippen molar-refractivity contribution >= 4 is 27.6 Å². The minimum absolute atomic E-state index is 0.115. The van der Waals surface area contributed by atoms with E-state index in [1.165, 1.54) is 6.26 Å². The molecule has 0 spiro atoms. The Morgan fingerprint density at radius 3 is 2.20 bits per heavy atom. The van der Waals surface area contributed by atoms with E-state index < -0.39 is 39.7 Å². The number of nitrogens with one attached hydrogen (secondary N) is 2. The number of rotatable bonds is 9. The number of hydrogen-bond donors (Lipinski definition) is 5. The summed E-state index contributed by atoms with van der Waals surface area (Å²) in [7, 11) is -2.84. The molecule has 0 aliphatic rings. The number of amides is 1. The quantitative estimate of drug-likeness (QED) is 0.356. The second-order valence-corrected chi connectivity index (χ2v) is 6.86. The molecule has 9 nitrogen and oxygen atoms in total. The van der Waals surface area contributed by atoms with Crippen molar-refractivity contribution in [2.45, 2.75) is 31.3 Å². The second-order valence-electron chi connectivity index (χ2n) is 4.44. The van der Waals surface area contributed by atoms with Gasteiger partial charge in [-0.15, -0.1) is 0 Å². The number of hydrogen-bond acceptors (Lipinski definition) is 6. The predicted molar refractivity (Wildman–Crippen MR) is 70.7 cm³/mol. The summed E-state index contributed by atoms with van der Waals surface area (Å²) in [6.07, 6.45) is 0.709. The fourth-order valence-electron chi connectivity index (χ4n) is 1.28. The summed E-state index contributed by atoms with van der Waals surface area (Å²) in [5.41, 5.74) is 5.21. The number of aliphatic carboxylic acids is 2. The molecule has 10 heteroatoms. The fourth-order valence-corrected chi connectivity index (χ4v) is 1.96. The lowest BCUT2D eigenvalue weighted by atomic mass is 10.1. The summed E-state index contributed by atoms with van der Waals surface area (Å²) in [4.78, 5) is 32.8. The van der Waals surface area contributed by atoms with Crippen LogP contribution >= 0.6 is 0 Å². The van der Waals surface area contributed by atoms with E-state index in [9.17, 15) is 18.6 Å². The lowest BCUT2D eigenvalue weighted by Crippen LogP contribution is -2.42. The highest BCUT2D eigenvalue weighted by Gasteiger charge is 2.21. The van der Waals surface area contributed by atoms with E-state index in [1.807, 2.05) is 0 Å². The summed E-state index contributed by atoms with van der Waals surface area (Å²) >= 11 is 0. The van der Waals surface area contributed by atoms with Crippen LogP contribution in [0.3, 0.4) is 0 Å². The SMILES string of the molecule is CS(=N)(=O)CC[C@H](NC(=O)CC[C@H](N)C(=O)O)C(=O)O. The largest absolute Gasteiger partial charge is 0.480 e. The highest BCUT2D eigenvalue weighted by atomic mass is 32.2. The van der Waals surface area contributed by atoms with Gasteiger partial charge in [-0.25, -0.2) is 4.79 Å². The van der Waals surface area contributed by atoms with E-state index in [-0.39, 0.29) is 25.0 Å². The van der Waals surface area contributed by atoms with Crippen molar-refractivity contribution in [1.29, 1.82) is 4.78 Å². The van der Waals surface area contributed by atoms with Crippen LogP contribution in [0.1, 0.15) is 19.3 Å². The Labute approximate surface area is 116 Å². The molecule has 1 unspecified atom stereocenters. The minimum atomic E-state index is -2.84. The molecule has 0 aliphatic heterocycles. The first-order valence-corrected chi connectivity index (χ1v) is 7.88. The van der Waals surface area contributed by atoms with Gasteiger partial charge in [0, 0.05) is 28.2 Å². The smallest absolute Gasteiger partial charge is 0.326 e. The number of nitrogens with two attached hydrogens (primary N) is 1. The Morgan fingerprint density at radius 1 is 1.25 bits per heavy atom. The van der Waals surface area contributed by atoms with Crippen LogP contribution in [0.25, 0.3) is 0 Å². The summed E-state index contributed by atoms with van der Waals surface area (Å²) in [5, 5.41) is 19.6. The molecule has 0 rings (SSSR count). The lowest BCUT2D eigenvalue weighted by molar-refractivity contribution is -0.142. The first-order valence-electron chi connectivity index (χ1n) is 5.75. The normalized spacial score (nSPS) is 16.7. The molecule has 0 fully saturated rings. The molecule has 3 atom stereocenters. The van der Waals surface area contributed by atoms with Crippen molar-refractivity contribution in [2.75, 3.05) is 12.0 Å². The van der Waals surface area contributed by atoms with Crippen molar-refractivity contribution in [3.63, 3.8) is 0 Å². The van der Waals surface area contributed by atoms with Gasteiger partial charge < -0.3 is 21.3 Å². The van der Waals surface area contributed by atoms with Crippen LogP contribution in [0.15, 0.2) is 0 Å². The van der Waals surface area contributed by atoms with Gasteiger partial charge in [0.1, 0.15) is 12.1 Å². The Kier molecular flexibility index (Phi) is 7.14. The molecule has 6 N–H and O–H groups in total. The number of carboxylic acids is 2. The van der Waals surface area contributed by atoms with Crippen molar-refractivity contribution in [1.82, 2.24) is 5.32 Å². The molecule has 20 heavy (non-hydrogen) atoms. The molecule has 0 saturated heterocycles. The third-order valence-electron chi connectivity index (χ3n) is 2.43. The molecule has 0 saturated carbocycles. The zero-order chi connectivity index (χ0) is 15.9. The zero-order valence-electron chi connectivity index (χ0n) is 11.0.